The van der Waals surface area contributed by atoms with Crippen molar-refractivity contribution < 1.29 is 9.50 Å². The van der Waals surface area contributed by atoms with E-state index in [9.17, 15) is 9.65 Å². The number of anilines is 2. The van der Waals surface area contributed by atoms with Gasteiger partial charge in [-0.15, -0.1) is 0 Å². The molecule has 9 heteroatoms. The zero-order valence-corrected chi connectivity index (χ0v) is 20.6. The molecule has 4 rings (SSSR count). The van der Waals surface area contributed by atoms with Crippen LogP contribution in [0.25, 0.3) is 0 Å². The summed E-state index contributed by atoms with van der Waals surface area (Å²) in [4.78, 5) is 6.46. The third kappa shape index (κ3) is 7.04. The lowest BCUT2D eigenvalue weighted by atomic mass is 9.94. The van der Waals surface area contributed by atoms with Crippen LogP contribution in [0, 0.1) is 24.1 Å². The van der Waals surface area contributed by atoms with Crippen molar-refractivity contribution in [2.45, 2.75) is 51.5 Å². The third-order valence-corrected chi connectivity index (χ3v) is 6.89. The highest BCUT2D eigenvalue weighted by Crippen LogP contribution is 2.39. The molecule has 176 valence electrons. The van der Waals surface area contributed by atoms with Crippen molar-refractivity contribution in [1.82, 2.24) is 9.88 Å². The molecule has 2 saturated heterocycles. The molecule has 0 atom stereocenters. The van der Waals surface area contributed by atoms with Crippen LogP contribution in [-0.2, 0) is 0 Å². The molecule has 2 aliphatic heterocycles. The molecule has 0 radical (unpaired) electrons. The standard InChI is InChI=1S/C16H20FN3.C4H5ClN2S.C3H8O/c1-12-8-13(10-18)15(9-14(12)17)19-11-16-4-2-6-20(16)7-3-5-16;1-6-4-7-2-3(5)8-4;1-2-3-4/h8-9,19H,2-7,11H2,1H3;2H,1H3,(H,6,7);4H,2-3H2,1H3. The molecule has 0 aliphatic carbocycles. The molecule has 3 heterocycles. The lowest BCUT2D eigenvalue weighted by Crippen LogP contribution is -2.44. The minimum absolute atomic E-state index is 0.230. The van der Waals surface area contributed by atoms with Crippen molar-refractivity contribution in [1.29, 1.82) is 5.26 Å². The molecule has 1 aromatic carbocycles. The second kappa shape index (κ2) is 12.9. The van der Waals surface area contributed by atoms with Crippen LogP contribution in [-0.4, -0.2) is 53.8 Å². The van der Waals surface area contributed by atoms with E-state index < -0.39 is 0 Å². The first-order valence-electron chi connectivity index (χ1n) is 11.0. The maximum atomic E-state index is 13.7. The number of fused-ring (bicyclic) bond motifs is 1. The Labute approximate surface area is 199 Å². The van der Waals surface area contributed by atoms with Gasteiger partial charge in [-0.1, -0.05) is 29.9 Å². The van der Waals surface area contributed by atoms with Gasteiger partial charge >= 0.3 is 0 Å². The highest BCUT2D eigenvalue weighted by Gasteiger charge is 2.43. The predicted octanol–water partition coefficient (Wildman–Crippen LogP) is 5.27. The first-order valence-corrected chi connectivity index (χ1v) is 12.2. The Hall–Kier alpha value is -1.92. The van der Waals surface area contributed by atoms with E-state index in [1.165, 1.54) is 56.2 Å². The summed E-state index contributed by atoms with van der Waals surface area (Å²) in [5.74, 6) is -0.251. The van der Waals surface area contributed by atoms with Gasteiger partial charge < -0.3 is 15.7 Å². The van der Waals surface area contributed by atoms with Crippen LogP contribution in [0.3, 0.4) is 0 Å². The topological polar surface area (TPSA) is 84.2 Å². The molecular formula is C23H33ClFN5OS. The maximum Gasteiger partial charge on any atom is 0.183 e. The fourth-order valence-corrected chi connectivity index (χ4v) is 4.83. The summed E-state index contributed by atoms with van der Waals surface area (Å²) in [6.45, 7) is 7.10. The molecule has 2 aliphatic rings. The number of nitrogens with one attached hydrogen (secondary N) is 2. The second-order valence-electron chi connectivity index (χ2n) is 7.97. The lowest BCUT2D eigenvalue weighted by Gasteiger charge is -2.32. The predicted molar refractivity (Wildman–Crippen MR) is 131 cm³/mol. The van der Waals surface area contributed by atoms with Gasteiger partial charge in [-0.05, 0) is 69.8 Å². The molecule has 0 bridgehead atoms. The number of aliphatic hydroxyl groups excluding tert-OH is 1. The van der Waals surface area contributed by atoms with Gasteiger partial charge in [0.2, 0.25) is 0 Å². The van der Waals surface area contributed by atoms with E-state index in [-0.39, 0.29) is 11.4 Å². The van der Waals surface area contributed by atoms with Crippen LogP contribution in [0.4, 0.5) is 15.2 Å². The summed E-state index contributed by atoms with van der Waals surface area (Å²) in [6.07, 6.45) is 7.40. The molecule has 0 spiro atoms. The van der Waals surface area contributed by atoms with E-state index >= 15 is 0 Å². The zero-order valence-electron chi connectivity index (χ0n) is 19.0. The third-order valence-electron chi connectivity index (χ3n) is 5.75. The molecule has 32 heavy (non-hydrogen) atoms. The smallest absolute Gasteiger partial charge is 0.183 e. The fourth-order valence-electron chi connectivity index (χ4n) is 4.06. The van der Waals surface area contributed by atoms with Crippen LogP contribution in [0.1, 0.15) is 50.2 Å². The summed E-state index contributed by atoms with van der Waals surface area (Å²) in [5.41, 5.74) is 1.91. The van der Waals surface area contributed by atoms with Gasteiger partial charge in [0.05, 0.1) is 17.4 Å². The number of rotatable bonds is 5. The first kappa shape index (κ1) is 26.3. The van der Waals surface area contributed by atoms with Crippen LogP contribution in [0.2, 0.25) is 4.34 Å². The Morgan fingerprint density at radius 2 is 2.00 bits per heavy atom. The molecular weight excluding hydrogens is 449 g/mol. The Kier molecular flexibility index (Phi) is 10.7. The second-order valence-corrected chi connectivity index (χ2v) is 9.64. The Morgan fingerprint density at radius 1 is 1.34 bits per heavy atom. The summed E-state index contributed by atoms with van der Waals surface area (Å²) >= 11 is 6.99. The molecule has 1 aromatic heterocycles. The number of nitrogens with zero attached hydrogens (tertiary/aromatic N) is 3. The van der Waals surface area contributed by atoms with Crippen LogP contribution in [0.5, 0.6) is 0 Å². The van der Waals surface area contributed by atoms with Gasteiger partial charge in [0, 0.05) is 25.7 Å². The van der Waals surface area contributed by atoms with E-state index in [1.54, 1.807) is 19.2 Å². The normalized spacial score (nSPS) is 16.2. The molecule has 0 saturated carbocycles. The minimum Gasteiger partial charge on any atom is -0.396 e. The van der Waals surface area contributed by atoms with E-state index in [2.05, 4.69) is 26.6 Å². The molecule has 3 N–H and O–H groups in total. The number of benzene rings is 1. The van der Waals surface area contributed by atoms with E-state index in [0.29, 0.717) is 27.8 Å². The maximum absolute atomic E-state index is 13.7. The average molecular weight is 482 g/mol. The Bertz CT molecular complexity index is 889. The number of nitriles is 1. The minimum atomic E-state index is -0.251. The van der Waals surface area contributed by atoms with Gasteiger partial charge in [-0.25, -0.2) is 9.37 Å². The van der Waals surface area contributed by atoms with Crippen molar-refractivity contribution in [3.05, 3.63) is 39.6 Å². The SMILES string of the molecule is CCCO.CNc1ncc(Cl)s1.Cc1cc(C#N)c(NCC23CCCN2CCC3)cc1F. The molecule has 0 amide bonds. The van der Waals surface area contributed by atoms with Gasteiger partial charge in [0.15, 0.2) is 5.13 Å². The Morgan fingerprint density at radius 3 is 2.47 bits per heavy atom. The number of aromatic nitrogens is 1. The molecule has 2 fully saturated rings. The van der Waals surface area contributed by atoms with Gasteiger partial charge in [0.1, 0.15) is 16.2 Å². The average Bonchev–Trinajstić information content (AvgIpc) is 3.50. The summed E-state index contributed by atoms with van der Waals surface area (Å²) in [6, 6.07) is 5.23. The van der Waals surface area contributed by atoms with Crippen molar-refractivity contribution in [3.63, 3.8) is 0 Å². The summed E-state index contributed by atoms with van der Waals surface area (Å²) in [7, 11) is 1.81. The fraction of sp³-hybridized carbons (Fsp3) is 0.565. The van der Waals surface area contributed by atoms with E-state index in [4.69, 9.17) is 16.7 Å². The lowest BCUT2D eigenvalue weighted by molar-refractivity contribution is 0.209. The number of thiazole rings is 1. The number of hydrogen-bond donors (Lipinski definition) is 3. The van der Waals surface area contributed by atoms with E-state index in [1.807, 2.05) is 14.0 Å². The van der Waals surface area contributed by atoms with Crippen molar-refractivity contribution in [3.8, 4) is 6.07 Å². The van der Waals surface area contributed by atoms with Crippen molar-refractivity contribution in [2.24, 2.45) is 0 Å². The largest absolute Gasteiger partial charge is 0.396 e. The van der Waals surface area contributed by atoms with E-state index in [0.717, 1.165) is 18.1 Å². The number of halogens is 2. The number of aryl methyl sites for hydroxylation is 1. The van der Waals surface area contributed by atoms with Crippen LogP contribution < -0.4 is 10.6 Å². The molecule has 2 aromatic rings. The number of hydrogen-bond acceptors (Lipinski definition) is 7. The molecule has 6 nitrogen and oxygen atoms in total. The quantitative estimate of drug-likeness (QED) is 0.539. The highest BCUT2D eigenvalue weighted by atomic mass is 35.5. The summed E-state index contributed by atoms with van der Waals surface area (Å²) < 4.78 is 14.4. The summed E-state index contributed by atoms with van der Waals surface area (Å²) in [5, 5.41) is 24.1. The highest BCUT2D eigenvalue weighted by molar-refractivity contribution is 7.19. The molecule has 0 unspecified atom stereocenters. The van der Waals surface area contributed by atoms with Crippen LogP contribution in [0.15, 0.2) is 18.3 Å². The zero-order chi connectivity index (χ0) is 23.6. The first-order chi connectivity index (χ1) is 15.4. The van der Waals surface area contributed by atoms with Gasteiger partial charge in [0.25, 0.3) is 0 Å². The Balaban J connectivity index is 0.000000250. The van der Waals surface area contributed by atoms with Crippen LogP contribution >= 0.6 is 22.9 Å². The van der Waals surface area contributed by atoms with Crippen molar-refractivity contribution in [2.75, 3.05) is 43.9 Å². The monoisotopic (exact) mass is 481 g/mol. The number of aliphatic hydroxyl groups is 1. The van der Waals surface area contributed by atoms with Gasteiger partial charge in [-0.3, -0.25) is 4.90 Å². The van der Waals surface area contributed by atoms with Crippen molar-refractivity contribution >= 4 is 33.8 Å². The van der Waals surface area contributed by atoms with Gasteiger partial charge in [-0.2, -0.15) is 5.26 Å².